The number of benzene rings is 1. The van der Waals surface area contributed by atoms with Crippen molar-refractivity contribution in [1.82, 2.24) is 15.2 Å². The highest BCUT2D eigenvalue weighted by Crippen LogP contribution is 2.25. The second-order valence-corrected chi connectivity index (χ2v) is 9.07. The van der Waals surface area contributed by atoms with Crippen molar-refractivity contribution in [3.05, 3.63) is 40.4 Å². The molecule has 0 radical (unpaired) electrons. The molecule has 4 rings (SSSR count). The van der Waals surface area contributed by atoms with E-state index in [1.807, 2.05) is 7.05 Å². The van der Waals surface area contributed by atoms with Gasteiger partial charge in [-0.3, -0.25) is 4.99 Å². The van der Waals surface area contributed by atoms with Crippen molar-refractivity contribution in [3.63, 3.8) is 0 Å². The predicted molar refractivity (Wildman–Crippen MR) is 128 cm³/mol. The SMILES string of the molecule is CN=C(NCCc1csc(N2CCCC2)n1)N1CCN(c2cccc(C)c2C)CC1. The van der Waals surface area contributed by atoms with E-state index < -0.39 is 0 Å². The average Bonchev–Trinajstić information content (AvgIpc) is 3.45. The zero-order chi connectivity index (χ0) is 20.9. The van der Waals surface area contributed by atoms with E-state index in [1.165, 1.54) is 40.5 Å². The van der Waals surface area contributed by atoms with Gasteiger partial charge in [0.25, 0.3) is 0 Å². The first-order valence-electron chi connectivity index (χ1n) is 11.1. The molecule has 0 bridgehead atoms. The Morgan fingerprint density at radius 2 is 1.83 bits per heavy atom. The van der Waals surface area contributed by atoms with Crippen molar-refractivity contribution in [3.8, 4) is 0 Å². The molecule has 162 valence electrons. The van der Waals surface area contributed by atoms with Gasteiger partial charge in [0, 0.05) is 70.3 Å². The number of guanidine groups is 1. The second kappa shape index (κ2) is 9.69. The minimum atomic E-state index is 0.868. The number of piperazine rings is 1. The number of thiazole rings is 1. The van der Waals surface area contributed by atoms with Crippen LogP contribution in [0, 0.1) is 13.8 Å². The number of anilines is 2. The molecule has 0 unspecified atom stereocenters. The molecule has 3 heterocycles. The van der Waals surface area contributed by atoms with Gasteiger partial charge in [0.05, 0.1) is 5.69 Å². The van der Waals surface area contributed by atoms with Crippen molar-refractivity contribution in [2.75, 3.05) is 62.7 Å². The Bertz CT molecular complexity index is 862. The predicted octanol–water partition coefficient (Wildman–Crippen LogP) is 3.30. The molecule has 2 aromatic rings. The van der Waals surface area contributed by atoms with Crippen molar-refractivity contribution < 1.29 is 0 Å². The lowest BCUT2D eigenvalue weighted by Crippen LogP contribution is -2.53. The minimum Gasteiger partial charge on any atom is -0.368 e. The quantitative estimate of drug-likeness (QED) is 0.587. The lowest BCUT2D eigenvalue weighted by molar-refractivity contribution is 0.372. The highest BCUT2D eigenvalue weighted by molar-refractivity contribution is 7.13. The number of hydrogen-bond acceptors (Lipinski definition) is 5. The molecule has 0 atom stereocenters. The Kier molecular flexibility index (Phi) is 6.77. The molecule has 0 aliphatic carbocycles. The monoisotopic (exact) mass is 426 g/mol. The number of aromatic nitrogens is 1. The van der Waals surface area contributed by atoms with E-state index in [0.29, 0.717) is 0 Å². The van der Waals surface area contributed by atoms with Crippen molar-refractivity contribution >= 4 is 28.1 Å². The molecular formula is C23H34N6S. The topological polar surface area (TPSA) is 47.0 Å². The van der Waals surface area contributed by atoms with E-state index >= 15 is 0 Å². The van der Waals surface area contributed by atoms with Crippen LogP contribution in [0.1, 0.15) is 29.7 Å². The van der Waals surface area contributed by atoms with E-state index in [-0.39, 0.29) is 0 Å². The third kappa shape index (κ3) is 4.72. The molecule has 0 spiro atoms. The van der Waals surface area contributed by atoms with Gasteiger partial charge in [-0.1, -0.05) is 12.1 Å². The molecule has 0 saturated carbocycles. The number of hydrogen-bond donors (Lipinski definition) is 1. The van der Waals surface area contributed by atoms with E-state index in [4.69, 9.17) is 4.98 Å². The van der Waals surface area contributed by atoms with Crippen LogP contribution < -0.4 is 15.1 Å². The molecule has 2 aliphatic heterocycles. The van der Waals surface area contributed by atoms with Crippen LogP contribution in [-0.4, -0.2) is 68.7 Å². The van der Waals surface area contributed by atoms with Gasteiger partial charge in [0.15, 0.2) is 11.1 Å². The summed E-state index contributed by atoms with van der Waals surface area (Å²) in [5.74, 6) is 1.01. The fourth-order valence-electron chi connectivity index (χ4n) is 4.34. The lowest BCUT2D eigenvalue weighted by atomic mass is 10.1. The van der Waals surface area contributed by atoms with Crippen LogP contribution in [0.5, 0.6) is 0 Å². The van der Waals surface area contributed by atoms with Crippen molar-refractivity contribution in [2.24, 2.45) is 4.99 Å². The van der Waals surface area contributed by atoms with Gasteiger partial charge in [0.2, 0.25) is 0 Å². The van der Waals surface area contributed by atoms with Gasteiger partial charge in [-0.05, 0) is 43.9 Å². The summed E-state index contributed by atoms with van der Waals surface area (Å²) in [6.45, 7) is 11.6. The number of nitrogens with one attached hydrogen (secondary N) is 1. The molecule has 0 amide bonds. The Hall–Kier alpha value is -2.28. The zero-order valence-corrected chi connectivity index (χ0v) is 19.3. The number of aryl methyl sites for hydroxylation is 1. The summed E-state index contributed by atoms with van der Waals surface area (Å²) in [7, 11) is 1.88. The first-order chi connectivity index (χ1) is 14.7. The van der Waals surface area contributed by atoms with E-state index in [9.17, 15) is 0 Å². The van der Waals surface area contributed by atoms with Crippen LogP contribution in [0.2, 0.25) is 0 Å². The summed E-state index contributed by atoms with van der Waals surface area (Å²) in [5, 5.41) is 6.95. The normalized spacial score (nSPS) is 17.7. The third-order valence-corrected chi connectivity index (χ3v) is 7.24. The fraction of sp³-hybridized carbons (Fsp3) is 0.565. The minimum absolute atomic E-state index is 0.868. The summed E-state index contributed by atoms with van der Waals surface area (Å²) >= 11 is 1.78. The van der Waals surface area contributed by atoms with Crippen LogP contribution >= 0.6 is 11.3 Å². The molecule has 2 saturated heterocycles. The molecule has 2 fully saturated rings. The van der Waals surface area contributed by atoms with Gasteiger partial charge in [-0.25, -0.2) is 4.98 Å². The maximum absolute atomic E-state index is 4.83. The largest absolute Gasteiger partial charge is 0.368 e. The Morgan fingerprint density at radius 3 is 2.57 bits per heavy atom. The molecule has 7 heteroatoms. The molecule has 1 N–H and O–H groups in total. The zero-order valence-electron chi connectivity index (χ0n) is 18.5. The smallest absolute Gasteiger partial charge is 0.193 e. The summed E-state index contributed by atoms with van der Waals surface area (Å²) in [4.78, 5) is 16.6. The summed E-state index contributed by atoms with van der Waals surface area (Å²) in [6.07, 6.45) is 3.53. The molecular weight excluding hydrogens is 392 g/mol. The van der Waals surface area contributed by atoms with E-state index in [1.54, 1.807) is 11.3 Å². The van der Waals surface area contributed by atoms with Crippen LogP contribution in [-0.2, 0) is 6.42 Å². The Balaban J connectivity index is 1.25. The van der Waals surface area contributed by atoms with Gasteiger partial charge < -0.3 is 20.0 Å². The molecule has 1 aromatic heterocycles. The fourth-order valence-corrected chi connectivity index (χ4v) is 5.25. The Labute approximate surface area is 184 Å². The van der Waals surface area contributed by atoms with Gasteiger partial charge >= 0.3 is 0 Å². The van der Waals surface area contributed by atoms with Gasteiger partial charge in [-0.2, -0.15) is 0 Å². The number of aliphatic imine (C=N–C) groups is 1. The first-order valence-corrected chi connectivity index (χ1v) is 12.0. The maximum atomic E-state index is 4.83. The van der Waals surface area contributed by atoms with Gasteiger partial charge in [-0.15, -0.1) is 11.3 Å². The van der Waals surface area contributed by atoms with Crippen LogP contribution in [0.25, 0.3) is 0 Å². The van der Waals surface area contributed by atoms with E-state index in [0.717, 1.165) is 58.2 Å². The number of rotatable bonds is 5. The summed E-state index contributed by atoms with van der Waals surface area (Å²) in [5.41, 5.74) is 5.31. The third-order valence-electron chi connectivity index (χ3n) is 6.29. The maximum Gasteiger partial charge on any atom is 0.193 e. The first kappa shape index (κ1) is 21.0. The highest BCUT2D eigenvalue weighted by Gasteiger charge is 2.21. The molecule has 2 aliphatic rings. The van der Waals surface area contributed by atoms with Crippen molar-refractivity contribution in [1.29, 1.82) is 0 Å². The molecule has 30 heavy (non-hydrogen) atoms. The summed E-state index contributed by atoms with van der Waals surface area (Å²) in [6, 6.07) is 6.60. The second-order valence-electron chi connectivity index (χ2n) is 8.23. The standard InChI is InChI=1S/C23H34N6S/c1-18-7-6-8-21(19(18)2)27-13-15-28(16-14-27)22(24-3)25-10-9-20-17-30-23(26-20)29-11-4-5-12-29/h6-8,17H,4-5,9-16H2,1-3H3,(H,24,25). The van der Waals surface area contributed by atoms with Crippen molar-refractivity contribution in [2.45, 2.75) is 33.1 Å². The van der Waals surface area contributed by atoms with Gasteiger partial charge in [0.1, 0.15) is 0 Å². The van der Waals surface area contributed by atoms with Crippen LogP contribution in [0.4, 0.5) is 10.8 Å². The Morgan fingerprint density at radius 1 is 1.07 bits per heavy atom. The average molecular weight is 427 g/mol. The summed E-state index contributed by atoms with van der Waals surface area (Å²) < 4.78 is 0. The van der Waals surface area contributed by atoms with Crippen LogP contribution in [0.15, 0.2) is 28.6 Å². The number of nitrogens with zero attached hydrogens (tertiary/aromatic N) is 5. The lowest BCUT2D eigenvalue weighted by Gasteiger charge is -2.38. The molecule has 1 aromatic carbocycles. The highest BCUT2D eigenvalue weighted by atomic mass is 32.1. The van der Waals surface area contributed by atoms with E-state index in [2.05, 4.69) is 62.4 Å². The molecule has 6 nitrogen and oxygen atoms in total. The van der Waals surface area contributed by atoms with Crippen LogP contribution in [0.3, 0.4) is 0 Å².